The monoisotopic (exact) mass is 483 g/mol. The first kappa shape index (κ1) is 23.8. The molecule has 0 saturated carbocycles. The van der Waals surface area contributed by atoms with Crippen molar-refractivity contribution in [1.29, 1.82) is 0 Å². The molecular weight excluding hydrogens is 463 g/mol. The number of amides is 3. The number of hydrogen-bond donors (Lipinski definition) is 2. The van der Waals surface area contributed by atoms with E-state index in [1.54, 1.807) is 36.4 Å². The normalized spacial score (nSPS) is 13.0. The lowest BCUT2D eigenvalue weighted by Crippen LogP contribution is -2.40. The molecule has 0 atom stereocenters. The lowest BCUT2D eigenvalue weighted by atomic mass is 10.1. The fraction of sp³-hybridized carbons (Fsp3) is 0.160. The largest absolute Gasteiger partial charge is 0.482 e. The van der Waals surface area contributed by atoms with Crippen LogP contribution in [0.25, 0.3) is 0 Å². The number of hydrogen-bond acceptors (Lipinski definition) is 4. The molecule has 0 radical (unpaired) electrons. The van der Waals surface area contributed by atoms with Crippen LogP contribution < -0.4 is 20.3 Å². The van der Waals surface area contributed by atoms with Gasteiger partial charge in [0, 0.05) is 29.9 Å². The fourth-order valence-electron chi connectivity index (χ4n) is 3.55. The van der Waals surface area contributed by atoms with Crippen LogP contribution >= 0.6 is 0 Å². The number of anilines is 3. The van der Waals surface area contributed by atoms with E-state index in [1.807, 2.05) is 0 Å². The Hall–Kier alpha value is -4.34. The van der Waals surface area contributed by atoms with Gasteiger partial charge in [0.25, 0.3) is 11.8 Å². The van der Waals surface area contributed by atoms with Gasteiger partial charge in [0.05, 0.1) is 11.3 Å². The van der Waals surface area contributed by atoms with Crippen LogP contribution in [-0.4, -0.2) is 30.9 Å². The number of alkyl halides is 3. The van der Waals surface area contributed by atoms with Crippen LogP contribution in [0.15, 0.2) is 72.8 Å². The average molecular weight is 483 g/mol. The molecule has 0 bridgehead atoms. The molecular formula is C25H20F3N3O4. The average Bonchev–Trinajstić information content (AvgIpc) is 2.83. The van der Waals surface area contributed by atoms with Crippen LogP contribution in [0.5, 0.6) is 5.75 Å². The van der Waals surface area contributed by atoms with Gasteiger partial charge >= 0.3 is 6.18 Å². The Balaban J connectivity index is 1.37. The van der Waals surface area contributed by atoms with Gasteiger partial charge in [-0.25, -0.2) is 0 Å². The highest BCUT2D eigenvalue weighted by atomic mass is 19.4. The van der Waals surface area contributed by atoms with Crippen LogP contribution in [-0.2, 0) is 15.8 Å². The summed E-state index contributed by atoms with van der Waals surface area (Å²) in [6.45, 7) is 0.0302. The van der Waals surface area contributed by atoms with Crippen LogP contribution in [0.1, 0.15) is 22.3 Å². The van der Waals surface area contributed by atoms with Crippen LogP contribution in [0.2, 0.25) is 0 Å². The first-order valence-corrected chi connectivity index (χ1v) is 10.6. The third-order valence-corrected chi connectivity index (χ3v) is 5.23. The van der Waals surface area contributed by atoms with Gasteiger partial charge in [-0.1, -0.05) is 24.3 Å². The maximum atomic E-state index is 12.9. The fourth-order valence-corrected chi connectivity index (χ4v) is 3.55. The Kier molecular flexibility index (Phi) is 6.72. The van der Waals surface area contributed by atoms with E-state index in [2.05, 4.69) is 10.6 Å². The number of fused-ring (bicyclic) bond motifs is 1. The summed E-state index contributed by atoms with van der Waals surface area (Å²) in [6, 6.07) is 17.3. The number of nitrogens with one attached hydrogen (secondary N) is 2. The molecule has 4 rings (SSSR count). The van der Waals surface area contributed by atoms with E-state index in [0.29, 0.717) is 17.1 Å². The van der Waals surface area contributed by atoms with E-state index in [4.69, 9.17) is 4.74 Å². The minimum absolute atomic E-state index is 0.000727. The number of ether oxygens (including phenoxy) is 1. The maximum absolute atomic E-state index is 12.9. The topological polar surface area (TPSA) is 87.7 Å². The molecule has 0 aromatic heterocycles. The van der Waals surface area contributed by atoms with Crippen molar-refractivity contribution < 1.29 is 32.3 Å². The standard InChI is InChI=1S/C25H20F3N3O4/c26-25(27,28)17-6-4-8-19(14-17)30-24(34)16-5-3-7-18(13-16)29-22(32)11-12-31-20-9-1-2-10-21(20)35-15-23(31)33/h1-10,13-14H,11-12,15H2,(H,29,32)(H,30,34). The summed E-state index contributed by atoms with van der Waals surface area (Å²) in [5.74, 6) is -0.704. The van der Waals surface area contributed by atoms with Gasteiger partial charge in [0.15, 0.2) is 6.61 Å². The Bertz CT molecular complexity index is 1280. The number of benzene rings is 3. The molecule has 1 aliphatic heterocycles. The van der Waals surface area contributed by atoms with Crippen molar-refractivity contribution in [3.8, 4) is 5.75 Å². The third-order valence-electron chi connectivity index (χ3n) is 5.23. The summed E-state index contributed by atoms with van der Waals surface area (Å²) < 4.78 is 44.1. The van der Waals surface area contributed by atoms with E-state index >= 15 is 0 Å². The molecule has 1 heterocycles. The highest BCUT2D eigenvalue weighted by Crippen LogP contribution is 2.32. The van der Waals surface area contributed by atoms with Gasteiger partial charge in [-0.05, 0) is 48.5 Å². The number of carbonyl (C=O) groups is 3. The lowest BCUT2D eigenvalue weighted by molar-refractivity contribution is -0.137. The second-order valence-corrected chi connectivity index (χ2v) is 7.71. The van der Waals surface area contributed by atoms with Crippen molar-refractivity contribution in [2.45, 2.75) is 12.6 Å². The van der Waals surface area contributed by atoms with Crippen molar-refractivity contribution in [2.24, 2.45) is 0 Å². The van der Waals surface area contributed by atoms with Crippen molar-refractivity contribution in [2.75, 3.05) is 28.7 Å². The highest BCUT2D eigenvalue weighted by molar-refractivity contribution is 6.05. The van der Waals surface area contributed by atoms with Crippen molar-refractivity contribution in [3.05, 3.63) is 83.9 Å². The van der Waals surface area contributed by atoms with Gasteiger partial charge in [0.1, 0.15) is 5.75 Å². The molecule has 0 fully saturated rings. The lowest BCUT2D eigenvalue weighted by Gasteiger charge is -2.29. The van der Waals surface area contributed by atoms with E-state index < -0.39 is 17.6 Å². The minimum Gasteiger partial charge on any atom is -0.482 e. The Morgan fingerprint density at radius 1 is 0.914 bits per heavy atom. The van der Waals surface area contributed by atoms with Gasteiger partial charge in [0.2, 0.25) is 5.91 Å². The molecule has 7 nitrogen and oxygen atoms in total. The molecule has 3 aromatic carbocycles. The minimum atomic E-state index is -4.53. The zero-order valence-corrected chi connectivity index (χ0v) is 18.3. The molecule has 35 heavy (non-hydrogen) atoms. The van der Waals surface area contributed by atoms with Crippen LogP contribution in [0.4, 0.5) is 30.2 Å². The quantitative estimate of drug-likeness (QED) is 0.532. The molecule has 0 aliphatic carbocycles. The molecule has 180 valence electrons. The van der Waals surface area contributed by atoms with E-state index in [0.717, 1.165) is 12.1 Å². The first-order chi connectivity index (χ1) is 16.7. The number of carbonyl (C=O) groups excluding carboxylic acids is 3. The van der Waals surface area contributed by atoms with Crippen molar-refractivity contribution >= 4 is 34.8 Å². The first-order valence-electron chi connectivity index (χ1n) is 10.6. The van der Waals surface area contributed by atoms with Gasteiger partial charge in [-0.2, -0.15) is 13.2 Å². The number of halogens is 3. The van der Waals surface area contributed by atoms with E-state index in [1.165, 1.54) is 29.2 Å². The molecule has 2 N–H and O–H groups in total. The van der Waals surface area contributed by atoms with Crippen molar-refractivity contribution in [3.63, 3.8) is 0 Å². The summed E-state index contributed by atoms with van der Waals surface area (Å²) in [4.78, 5) is 38.7. The summed E-state index contributed by atoms with van der Waals surface area (Å²) in [5, 5.41) is 5.10. The van der Waals surface area contributed by atoms with Gasteiger partial charge in [-0.15, -0.1) is 0 Å². The second kappa shape index (κ2) is 9.88. The molecule has 0 unspecified atom stereocenters. The Morgan fingerprint density at radius 3 is 2.40 bits per heavy atom. The second-order valence-electron chi connectivity index (χ2n) is 7.71. The van der Waals surface area contributed by atoms with Gasteiger partial charge < -0.3 is 20.3 Å². The predicted octanol–water partition coefficient (Wildman–Crippen LogP) is 4.71. The van der Waals surface area contributed by atoms with Crippen LogP contribution in [0, 0.1) is 0 Å². The summed E-state index contributed by atoms with van der Waals surface area (Å²) >= 11 is 0. The zero-order valence-electron chi connectivity index (χ0n) is 18.3. The van der Waals surface area contributed by atoms with Crippen molar-refractivity contribution in [1.82, 2.24) is 0 Å². The number of rotatable bonds is 6. The molecule has 0 saturated heterocycles. The maximum Gasteiger partial charge on any atom is 0.416 e. The highest BCUT2D eigenvalue weighted by Gasteiger charge is 2.30. The van der Waals surface area contributed by atoms with E-state index in [9.17, 15) is 27.6 Å². The number of nitrogens with zero attached hydrogens (tertiary/aromatic N) is 1. The smallest absolute Gasteiger partial charge is 0.416 e. The summed E-state index contributed by atoms with van der Waals surface area (Å²) in [5.41, 5.74) is 0.190. The zero-order chi connectivity index (χ0) is 25.0. The molecule has 0 spiro atoms. The molecule has 3 aromatic rings. The van der Waals surface area contributed by atoms with Gasteiger partial charge in [-0.3, -0.25) is 14.4 Å². The molecule has 1 aliphatic rings. The van der Waals surface area contributed by atoms with Crippen LogP contribution in [0.3, 0.4) is 0 Å². The Morgan fingerprint density at radius 2 is 1.63 bits per heavy atom. The summed E-state index contributed by atoms with van der Waals surface area (Å²) in [6.07, 6.45) is -4.53. The summed E-state index contributed by atoms with van der Waals surface area (Å²) in [7, 11) is 0. The third kappa shape index (κ3) is 5.78. The number of para-hydroxylation sites is 2. The predicted molar refractivity (Wildman–Crippen MR) is 123 cm³/mol. The molecule has 3 amide bonds. The Labute approximate surface area is 198 Å². The molecule has 10 heteroatoms. The SMILES string of the molecule is O=C(CCN1C(=O)COc2ccccc21)Nc1cccc(C(=O)Nc2cccc(C(F)(F)F)c2)c1. The van der Waals surface area contributed by atoms with E-state index in [-0.39, 0.29) is 42.6 Å².